The fourth-order valence-electron chi connectivity index (χ4n) is 2.18. The number of hydrogen-bond donors (Lipinski definition) is 1. The molecular formula is C14H22N4O. The first-order chi connectivity index (χ1) is 9.22. The van der Waals surface area contributed by atoms with Crippen LogP contribution >= 0.6 is 0 Å². The summed E-state index contributed by atoms with van der Waals surface area (Å²) >= 11 is 0. The molecule has 2 aromatic heterocycles. The summed E-state index contributed by atoms with van der Waals surface area (Å²) in [7, 11) is 3.67. The van der Waals surface area contributed by atoms with Crippen LogP contribution in [0.3, 0.4) is 0 Å². The van der Waals surface area contributed by atoms with Crippen LogP contribution < -0.4 is 5.32 Å². The van der Waals surface area contributed by atoms with Crippen LogP contribution in [-0.2, 0) is 18.3 Å². The third kappa shape index (κ3) is 3.52. The van der Waals surface area contributed by atoms with E-state index in [2.05, 4.69) is 21.5 Å². The Kier molecular flexibility index (Phi) is 4.87. The van der Waals surface area contributed by atoms with Gasteiger partial charge in [0.2, 0.25) is 0 Å². The smallest absolute Gasteiger partial charge is 0.157 e. The summed E-state index contributed by atoms with van der Waals surface area (Å²) in [6.07, 6.45) is 4.16. The lowest BCUT2D eigenvalue weighted by molar-refractivity contribution is 0.192. The van der Waals surface area contributed by atoms with Crippen LogP contribution in [0.15, 0.2) is 12.3 Å². The largest absolute Gasteiger partial charge is 0.385 e. The number of nitrogens with zero attached hydrogens (tertiary/aromatic N) is 3. The lowest BCUT2D eigenvalue weighted by Crippen LogP contribution is -2.15. The van der Waals surface area contributed by atoms with E-state index in [0.717, 1.165) is 49.3 Å². The van der Waals surface area contributed by atoms with Crippen molar-refractivity contribution in [1.29, 1.82) is 0 Å². The molecule has 0 saturated carbocycles. The van der Waals surface area contributed by atoms with Crippen molar-refractivity contribution in [1.82, 2.24) is 20.1 Å². The van der Waals surface area contributed by atoms with Crippen molar-refractivity contribution < 1.29 is 4.74 Å². The number of nitrogens with one attached hydrogen (secondary N) is 1. The topological polar surface area (TPSA) is 52.0 Å². The van der Waals surface area contributed by atoms with Crippen LogP contribution in [0, 0.1) is 6.92 Å². The molecule has 0 saturated heterocycles. The fourth-order valence-corrected chi connectivity index (χ4v) is 2.18. The molecule has 19 heavy (non-hydrogen) atoms. The number of unbranched alkanes of at least 4 members (excludes halogenated alkanes) is 1. The van der Waals surface area contributed by atoms with E-state index in [9.17, 15) is 0 Å². The number of ether oxygens (including phenoxy) is 1. The van der Waals surface area contributed by atoms with Gasteiger partial charge in [0.25, 0.3) is 0 Å². The van der Waals surface area contributed by atoms with Gasteiger partial charge in [-0.3, -0.25) is 4.68 Å². The van der Waals surface area contributed by atoms with Gasteiger partial charge in [-0.25, -0.2) is 4.98 Å². The quantitative estimate of drug-likeness (QED) is 0.773. The predicted octanol–water partition coefficient (Wildman–Crippen LogP) is 1.79. The maximum absolute atomic E-state index is 5.02. The molecule has 5 heteroatoms. The number of methoxy groups -OCH3 is 1. The lowest BCUT2D eigenvalue weighted by Gasteiger charge is -2.05. The van der Waals surface area contributed by atoms with E-state index >= 15 is 0 Å². The molecule has 0 atom stereocenters. The average molecular weight is 262 g/mol. The summed E-state index contributed by atoms with van der Waals surface area (Å²) < 4.78 is 6.85. The van der Waals surface area contributed by atoms with Gasteiger partial charge in [0, 0.05) is 38.9 Å². The molecular weight excluding hydrogens is 240 g/mol. The number of fused-ring (bicyclic) bond motifs is 1. The van der Waals surface area contributed by atoms with Crippen molar-refractivity contribution in [2.75, 3.05) is 20.3 Å². The standard InChI is InChI=1S/C14H22N4O/c1-11-13-8-12(9-15-6-4-5-7-19-3)10-16-14(13)18(2)17-11/h8,10,15H,4-7,9H2,1-3H3. The van der Waals surface area contributed by atoms with Gasteiger partial charge in [0.1, 0.15) is 0 Å². The van der Waals surface area contributed by atoms with Crippen LogP contribution in [0.5, 0.6) is 0 Å². The summed E-state index contributed by atoms with van der Waals surface area (Å²) in [5.41, 5.74) is 3.18. The van der Waals surface area contributed by atoms with Crippen LogP contribution in [0.25, 0.3) is 11.0 Å². The maximum atomic E-state index is 5.02. The number of aromatic nitrogens is 3. The Labute approximate surface area is 114 Å². The van der Waals surface area contributed by atoms with Gasteiger partial charge in [0.05, 0.1) is 5.69 Å². The van der Waals surface area contributed by atoms with Gasteiger partial charge in [-0.1, -0.05) is 0 Å². The summed E-state index contributed by atoms with van der Waals surface area (Å²) in [5, 5.41) is 8.95. The molecule has 1 N–H and O–H groups in total. The predicted molar refractivity (Wildman–Crippen MR) is 76.1 cm³/mol. The van der Waals surface area contributed by atoms with Gasteiger partial charge in [-0.2, -0.15) is 5.10 Å². The highest BCUT2D eigenvalue weighted by Crippen LogP contribution is 2.16. The van der Waals surface area contributed by atoms with Crippen molar-refractivity contribution in [3.8, 4) is 0 Å². The first-order valence-corrected chi connectivity index (χ1v) is 6.70. The van der Waals surface area contributed by atoms with Crippen molar-refractivity contribution in [2.45, 2.75) is 26.3 Å². The SMILES string of the molecule is COCCCCNCc1cnc2c(c1)c(C)nn2C. The Balaban J connectivity index is 1.89. The zero-order valence-corrected chi connectivity index (χ0v) is 11.9. The van der Waals surface area contributed by atoms with Crippen LogP contribution in [0.2, 0.25) is 0 Å². The molecule has 0 aliphatic heterocycles. The molecule has 2 heterocycles. The zero-order chi connectivity index (χ0) is 13.7. The Bertz CT molecular complexity index is 535. The minimum atomic E-state index is 0.837. The zero-order valence-electron chi connectivity index (χ0n) is 11.9. The van der Waals surface area contributed by atoms with Crippen LogP contribution in [0.1, 0.15) is 24.1 Å². The van der Waals surface area contributed by atoms with Gasteiger partial charge in [-0.15, -0.1) is 0 Å². The minimum Gasteiger partial charge on any atom is -0.385 e. The Morgan fingerprint density at radius 1 is 1.37 bits per heavy atom. The Hall–Kier alpha value is -1.46. The summed E-state index contributed by atoms with van der Waals surface area (Å²) in [6.45, 7) is 4.72. The monoisotopic (exact) mass is 262 g/mol. The molecule has 0 amide bonds. The second-order valence-corrected chi connectivity index (χ2v) is 4.80. The lowest BCUT2D eigenvalue weighted by atomic mass is 10.2. The molecule has 0 aliphatic carbocycles. The van der Waals surface area contributed by atoms with Crippen molar-refractivity contribution in [2.24, 2.45) is 7.05 Å². The van der Waals surface area contributed by atoms with E-state index in [-0.39, 0.29) is 0 Å². The van der Waals surface area contributed by atoms with E-state index < -0.39 is 0 Å². The van der Waals surface area contributed by atoms with E-state index in [1.807, 2.05) is 24.9 Å². The molecule has 0 radical (unpaired) electrons. The highest BCUT2D eigenvalue weighted by Gasteiger charge is 2.06. The summed E-state index contributed by atoms with van der Waals surface area (Å²) in [4.78, 5) is 4.47. The van der Waals surface area contributed by atoms with Crippen LogP contribution in [0.4, 0.5) is 0 Å². The van der Waals surface area contributed by atoms with Gasteiger partial charge in [-0.05, 0) is 37.9 Å². The fraction of sp³-hybridized carbons (Fsp3) is 0.571. The molecule has 5 nitrogen and oxygen atoms in total. The second-order valence-electron chi connectivity index (χ2n) is 4.80. The molecule has 0 fully saturated rings. The molecule has 0 spiro atoms. The first-order valence-electron chi connectivity index (χ1n) is 6.70. The maximum Gasteiger partial charge on any atom is 0.157 e. The molecule has 0 aromatic carbocycles. The molecule has 104 valence electrons. The number of hydrogen-bond acceptors (Lipinski definition) is 4. The third-order valence-corrected chi connectivity index (χ3v) is 3.20. The third-order valence-electron chi connectivity index (χ3n) is 3.20. The van der Waals surface area contributed by atoms with Crippen molar-refractivity contribution >= 4 is 11.0 Å². The molecule has 2 aromatic rings. The highest BCUT2D eigenvalue weighted by atomic mass is 16.5. The number of aryl methyl sites for hydroxylation is 2. The first kappa shape index (κ1) is 14.0. The van der Waals surface area contributed by atoms with Gasteiger partial charge < -0.3 is 10.1 Å². The van der Waals surface area contributed by atoms with Gasteiger partial charge in [0.15, 0.2) is 5.65 Å². The summed E-state index contributed by atoms with van der Waals surface area (Å²) in [6, 6.07) is 2.17. The molecule has 0 aliphatic rings. The van der Waals surface area contributed by atoms with Crippen LogP contribution in [-0.4, -0.2) is 35.0 Å². The van der Waals surface area contributed by atoms with Crippen molar-refractivity contribution in [3.05, 3.63) is 23.5 Å². The Morgan fingerprint density at radius 2 is 2.21 bits per heavy atom. The van der Waals surface area contributed by atoms with E-state index in [4.69, 9.17) is 4.74 Å². The minimum absolute atomic E-state index is 0.837. The normalized spacial score (nSPS) is 11.3. The molecule has 0 bridgehead atoms. The van der Waals surface area contributed by atoms with Gasteiger partial charge >= 0.3 is 0 Å². The number of pyridine rings is 1. The van der Waals surface area contributed by atoms with Crippen molar-refractivity contribution in [3.63, 3.8) is 0 Å². The average Bonchev–Trinajstić information content (AvgIpc) is 2.69. The molecule has 0 unspecified atom stereocenters. The van der Waals surface area contributed by atoms with E-state index in [0.29, 0.717) is 0 Å². The van der Waals surface area contributed by atoms with E-state index in [1.165, 1.54) is 5.56 Å². The second kappa shape index (κ2) is 6.63. The Morgan fingerprint density at radius 3 is 3.00 bits per heavy atom. The highest BCUT2D eigenvalue weighted by molar-refractivity contribution is 5.78. The number of rotatable bonds is 7. The summed E-state index contributed by atoms with van der Waals surface area (Å²) in [5.74, 6) is 0. The molecule has 2 rings (SSSR count). The van der Waals surface area contributed by atoms with E-state index in [1.54, 1.807) is 7.11 Å².